The molecule has 110 valence electrons. The summed E-state index contributed by atoms with van der Waals surface area (Å²) in [5.41, 5.74) is 3.58. The minimum absolute atomic E-state index is 0.513. The van der Waals surface area contributed by atoms with Gasteiger partial charge in [0.25, 0.3) is 0 Å². The summed E-state index contributed by atoms with van der Waals surface area (Å²) in [4.78, 5) is 0. The normalized spacial score (nSPS) is 29.5. The first-order valence-electron chi connectivity index (χ1n) is 8.01. The molecule has 1 aromatic rings. The van der Waals surface area contributed by atoms with E-state index in [0.717, 1.165) is 17.6 Å². The Morgan fingerprint density at radius 1 is 1.25 bits per heavy atom. The lowest BCUT2D eigenvalue weighted by atomic mass is 9.58. The van der Waals surface area contributed by atoms with E-state index in [-0.39, 0.29) is 0 Å². The van der Waals surface area contributed by atoms with E-state index in [1.165, 1.54) is 49.9 Å². The largest absolute Gasteiger partial charge is 0.497 e. The number of benzene rings is 1. The molecule has 0 bridgehead atoms. The van der Waals surface area contributed by atoms with Crippen molar-refractivity contribution in [3.05, 3.63) is 29.3 Å². The van der Waals surface area contributed by atoms with Crippen LogP contribution in [0.25, 0.3) is 0 Å². The lowest BCUT2D eigenvalue weighted by molar-refractivity contribution is 0.0550. The average Bonchev–Trinajstić information content (AvgIpc) is 2.46. The van der Waals surface area contributed by atoms with Crippen molar-refractivity contribution in [1.82, 2.24) is 5.32 Å². The zero-order chi connectivity index (χ0) is 14.2. The van der Waals surface area contributed by atoms with Crippen LogP contribution in [0.3, 0.4) is 0 Å². The van der Waals surface area contributed by atoms with Crippen LogP contribution in [0, 0.1) is 17.3 Å². The second-order valence-corrected chi connectivity index (χ2v) is 6.98. The van der Waals surface area contributed by atoms with Crippen molar-refractivity contribution in [1.29, 1.82) is 0 Å². The van der Waals surface area contributed by atoms with Crippen LogP contribution in [0.15, 0.2) is 18.2 Å². The van der Waals surface area contributed by atoms with Crippen molar-refractivity contribution >= 4 is 0 Å². The molecule has 1 spiro atoms. The Bertz CT molecular complexity index is 482. The summed E-state index contributed by atoms with van der Waals surface area (Å²) in [7, 11) is 1.77. The van der Waals surface area contributed by atoms with Gasteiger partial charge in [0.1, 0.15) is 5.75 Å². The fraction of sp³-hybridized carbons (Fsp3) is 0.667. The molecular weight excluding hydrogens is 246 g/mol. The highest BCUT2D eigenvalue weighted by Crippen LogP contribution is 2.48. The van der Waals surface area contributed by atoms with Gasteiger partial charge < -0.3 is 10.1 Å². The number of rotatable bonds is 2. The van der Waals surface area contributed by atoms with Crippen molar-refractivity contribution in [2.24, 2.45) is 17.3 Å². The number of hydrogen-bond donors (Lipinski definition) is 1. The lowest BCUT2D eigenvalue weighted by Crippen LogP contribution is -2.50. The molecule has 2 nitrogen and oxygen atoms in total. The van der Waals surface area contributed by atoms with E-state index in [1.54, 1.807) is 7.11 Å². The van der Waals surface area contributed by atoms with Gasteiger partial charge in [-0.3, -0.25) is 0 Å². The number of hydrogen-bond acceptors (Lipinski definition) is 2. The van der Waals surface area contributed by atoms with Crippen molar-refractivity contribution in [2.75, 3.05) is 20.2 Å². The zero-order valence-corrected chi connectivity index (χ0v) is 13.0. The molecule has 20 heavy (non-hydrogen) atoms. The number of ether oxygens (including phenoxy) is 1. The van der Waals surface area contributed by atoms with E-state index in [0.29, 0.717) is 5.41 Å². The molecule has 1 aliphatic carbocycles. The third kappa shape index (κ3) is 2.35. The quantitative estimate of drug-likeness (QED) is 0.891. The highest BCUT2D eigenvalue weighted by atomic mass is 16.5. The summed E-state index contributed by atoms with van der Waals surface area (Å²) in [6.07, 6.45) is 5.16. The number of fused-ring (bicyclic) bond motifs is 1. The first kappa shape index (κ1) is 13.9. The van der Waals surface area contributed by atoms with Gasteiger partial charge in [-0.05, 0) is 79.3 Å². The van der Waals surface area contributed by atoms with E-state index in [2.05, 4.69) is 37.4 Å². The summed E-state index contributed by atoms with van der Waals surface area (Å²) >= 11 is 0. The molecule has 0 amide bonds. The molecular formula is C18H27NO. The van der Waals surface area contributed by atoms with Crippen LogP contribution in [-0.4, -0.2) is 20.2 Å². The second kappa shape index (κ2) is 5.40. The van der Waals surface area contributed by atoms with Gasteiger partial charge >= 0.3 is 0 Å². The van der Waals surface area contributed by atoms with Crippen molar-refractivity contribution in [3.8, 4) is 5.75 Å². The van der Waals surface area contributed by atoms with Crippen LogP contribution < -0.4 is 10.1 Å². The maximum Gasteiger partial charge on any atom is 0.119 e. The fourth-order valence-corrected chi connectivity index (χ4v) is 4.46. The molecule has 1 N–H and O–H groups in total. The molecule has 2 aliphatic rings. The third-order valence-corrected chi connectivity index (χ3v) is 5.60. The molecule has 2 heteroatoms. The molecule has 0 radical (unpaired) electrons. The summed E-state index contributed by atoms with van der Waals surface area (Å²) in [5, 5.41) is 3.61. The molecule has 0 aromatic heterocycles. The van der Waals surface area contributed by atoms with Crippen LogP contribution in [0.5, 0.6) is 5.75 Å². The standard InChI is InChI=1S/C18H27NO/c1-13(2)17-12-19-9-8-18(17)7-6-14-4-5-16(20-3)10-15(14)11-18/h4-5,10,13,17,19H,6-9,11-12H2,1-3H3. The fourth-order valence-electron chi connectivity index (χ4n) is 4.46. The van der Waals surface area contributed by atoms with E-state index in [4.69, 9.17) is 4.74 Å². The van der Waals surface area contributed by atoms with Gasteiger partial charge in [0.05, 0.1) is 7.11 Å². The molecule has 1 heterocycles. The van der Waals surface area contributed by atoms with Crippen LogP contribution in [-0.2, 0) is 12.8 Å². The highest BCUT2D eigenvalue weighted by molar-refractivity contribution is 5.38. The van der Waals surface area contributed by atoms with Crippen molar-refractivity contribution in [2.45, 2.75) is 39.5 Å². The first-order chi connectivity index (χ1) is 9.64. The SMILES string of the molecule is COc1ccc2c(c1)CC1(CCNCC1C(C)C)CC2. The van der Waals surface area contributed by atoms with Gasteiger partial charge in [-0.2, -0.15) is 0 Å². The Hall–Kier alpha value is -1.02. The molecule has 2 atom stereocenters. The van der Waals surface area contributed by atoms with Gasteiger partial charge in [0.2, 0.25) is 0 Å². The summed E-state index contributed by atoms with van der Waals surface area (Å²) < 4.78 is 5.42. The van der Waals surface area contributed by atoms with Gasteiger partial charge in [-0.25, -0.2) is 0 Å². The maximum absolute atomic E-state index is 5.42. The highest BCUT2D eigenvalue weighted by Gasteiger charge is 2.43. The number of piperidine rings is 1. The summed E-state index contributed by atoms with van der Waals surface area (Å²) in [5.74, 6) is 2.57. The lowest BCUT2D eigenvalue weighted by Gasteiger charge is -2.49. The van der Waals surface area contributed by atoms with Crippen LogP contribution in [0.1, 0.15) is 37.8 Å². The maximum atomic E-state index is 5.42. The molecule has 1 aromatic carbocycles. The Kier molecular flexibility index (Phi) is 3.76. The molecule has 1 aliphatic heterocycles. The summed E-state index contributed by atoms with van der Waals surface area (Å²) in [6, 6.07) is 6.65. The minimum atomic E-state index is 0.513. The topological polar surface area (TPSA) is 21.3 Å². The Labute approximate surface area is 122 Å². The predicted octanol–water partition coefficient (Wildman–Crippen LogP) is 3.44. The Morgan fingerprint density at radius 2 is 2.10 bits per heavy atom. The second-order valence-electron chi connectivity index (χ2n) is 6.98. The van der Waals surface area contributed by atoms with E-state index < -0.39 is 0 Å². The summed E-state index contributed by atoms with van der Waals surface area (Å²) in [6.45, 7) is 7.15. The Morgan fingerprint density at radius 3 is 2.85 bits per heavy atom. The average molecular weight is 273 g/mol. The Balaban J connectivity index is 1.92. The zero-order valence-electron chi connectivity index (χ0n) is 13.0. The van der Waals surface area contributed by atoms with Crippen LogP contribution in [0.2, 0.25) is 0 Å². The molecule has 3 rings (SSSR count). The first-order valence-corrected chi connectivity index (χ1v) is 8.01. The van der Waals surface area contributed by atoms with Gasteiger partial charge in [-0.1, -0.05) is 19.9 Å². The smallest absolute Gasteiger partial charge is 0.119 e. The van der Waals surface area contributed by atoms with E-state index in [1.807, 2.05) is 0 Å². The molecule has 0 saturated carbocycles. The van der Waals surface area contributed by atoms with E-state index in [9.17, 15) is 0 Å². The van der Waals surface area contributed by atoms with Gasteiger partial charge in [0, 0.05) is 0 Å². The number of methoxy groups -OCH3 is 1. The minimum Gasteiger partial charge on any atom is -0.497 e. The molecule has 1 saturated heterocycles. The molecule has 1 fully saturated rings. The monoisotopic (exact) mass is 273 g/mol. The van der Waals surface area contributed by atoms with E-state index >= 15 is 0 Å². The molecule has 2 unspecified atom stereocenters. The number of nitrogens with one attached hydrogen (secondary N) is 1. The van der Waals surface area contributed by atoms with Gasteiger partial charge in [-0.15, -0.1) is 0 Å². The van der Waals surface area contributed by atoms with Crippen molar-refractivity contribution in [3.63, 3.8) is 0 Å². The number of aryl methyl sites for hydroxylation is 1. The predicted molar refractivity (Wildman–Crippen MR) is 83.3 cm³/mol. The third-order valence-electron chi connectivity index (χ3n) is 5.60. The van der Waals surface area contributed by atoms with Gasteiger partial charge in [0.15, 0.2) is 0 Å². The van der Waals surface area contributed by atoms with Crippen LogP contribution in [0.4, 0.5) is 0 Å². The van der Waals surface area contributed by atoms with Crippen LogP contribution >= 0.6 is 0 Å². The van der Waals surface area contributed by atoms with Crippen molar-refractivity contribution < 1.29 is 4.74 Å².